The Balaban J connectivity index is 1.99. The van der Waals surface area contributed by atoms with Crippen LogP contribution in [0.2, 0.25) is 0 Å². The monoisotopic (exact) mass is 401 g/mol. The molecule has 0 heterocycles. The lowest BCUT2D eigenvalue weighted by Crippen LogP contribution is -2.34. The van der Waals surface area contributed by atoms with Crippen molar-refractivity contribution in [3.05, 3.63) is 64.7 Å². The van der Waals surface area contributed by atoms with Crippen LogP contribution in [-0.4, -0.2) is 24.7 Å². The Kier molecular flexibility index (Phi) is 6.42. The van der Waals surface area contributed by atoms with Crippen molar-refractivity contribution >= 4 is 11.6 Å². The van der Waals surface area contributed by atoms with Crippen molar-refractivity contribution in [2.45, 2.75) is 45.2 Å². The van der Waals surface area contributed by atoms with Crippen LogP contribution in [0, 0.1) is 17.6 Å². The van der Waals surface area contributed by atoms with Crippen LogP contribution in [0.3, 0.4) is 0 Å². The molecular weight excluding hydrogens is 376 g/mol. The van der Waals surface area contributed by atoms with Gasteiger partial charge in [-0.05, 0) is 62.9 Å². The van der Waals surface area contributed by atoms with Crippen molar-refractivity contribution in [2.75, 3.05) is 7.11 Å². The average Bonchev–Trinajstić information content (AvgIpc) is 3.50. The van der Waals surface area contributed by atoms with Crippen LogP contribution in [-0.2, 0) is 4.79 Å². The lowest BCUT2D eigenvalue weighted by atomic mass is 9.93. The fourth-order valence-electron chi connectivity index (χ4n) is 3.65. The molecule has 0 radical (unpaired) electrons. The molecule has 0 saturated heterocycles. The van der Waals surface area contributed by atoms with Gasteiger partial charge in [-0.1, -0.05) is 6.07 Å². The molecule has 0 bridgehead atoms. The van der Waals surface area contributed by atoms with Gasteiger partial charge in [-0.25, -0.2) is 8.78 Å². The van der Waals surface area contributed by atoms with E-state index >= 15 is 4.39 Å². The fourth-order valence-corrected chi connectivity index (χ4v) is 3.65. The number of methoxy groups -OCH3 is 1. The van der Waals surface area contributed by atoms with Crippen LogP contribution in [0.25, 0.3) is 0 Å². The molecule has 3 rings (SSSR count). The van der Waals surface area contributed by atoms with Crippen LogP contribution >= 0.6 is 0 Å². The third-order valence-corrected chi connectivity index (χ3v) is 5.17. The summed E-state index contributed by atoms with van der Waals surface area (Å²) in [7, 11) is 1.38. The molecule has 1 fully saturated rings. The van der Waals surface area contributed by atoms with E-state index in [4.69, 9.17) is 4.74 Å². The van der Waals surface area contributed by atoms with E-state index in [2.05, 4.69) is 5.32 Å². The average molecular weight is 401 g/mol. The SMILES string of the molecule is COc1ccc([C@H](N[C@@H](C)CC(C)=O)C2CC2)c(F)c1C(=O)c1ccc(F)cc1. The minimum absolute atomic E-state index is 0.0573. The summed E-state index contributed by atoms with van der Waals surface area (Å²) in [4.78, 5) is 24.4. The van der Waals surface area contributed by atoms with Crippen LogP contribution < -0.4 is 10.1 Å². The van der Waals surface area contributed by atoms with Gasteiger partial charge in [0, 0.05) is 29.6 Å². The fraction of sp³-hybridized carbons (Fsp3) is 0.391. The Bertz CT molecular complexity index is 907. The number of hydrogen-bond donors (Lipinski definition) is 1. The highest BCUT2D eigenvalue weighted by molar-refractivity contribution is 6.11. The quantitative estimate of drug-likeness (QED) is 0.624. The van der Waals surface area contributed by atoms with Crippen molar-refractivity contribution in [3.8, 4) is 5.75 Å². The Morgan fingerprint density at radius 3 is 2.34 bits per heavy atom. The molecule has 1 aliphatic rings. The van der Waals surface area contributed by atoms with Crippen LogP contribution in [0.1, 0.15) is 60.6 Å². The Labute approximate surface area is 169 Å². The van der Waals surface area contributed by atoms with E-state index in [0.717, 1.165) is 12.8 Å². The summed E-state index contributed by atoms with van der Waals surface area (Å²) >= 11 is 0. The molecular formula is C23H25F2NO3. The maximum absolute atomic E-state index is 15.6. The van der Waals surface area contributed by atoms with Crippen LogP contribution in [0.5, 0.6) is 5.75 Å². The van der Waals surface area contributed by atoms with Crippen LogP contribution in [0.4, 0.5) is 8.78 Å². The molecule has 0 aliphatic heterocycles. The lowest BCUT2D eigenvalue weighted by Gasteiger charge is -2.25. The molecule has 0 amide bonds. The van der Waals surface area contributed by atoms with Gasteiger partial charge in [0.1, 0.15) is 28.7 Å². The largest absolute Gasteiger partial charge is 0.496 e. The van der Waals surface area contributed by atoms with Crippen molar-refractivity contribution in [3.63, 3.8) is 0 Å². The normalized spacial score (nSPS) is 15.6. The van der Waals surface area contributed by atoms with Gasteiger partial charge in [-0.2, -0.15) is 0 Å². The summed E-state index contributed by atoms with van der Waals surface area (Å²) in [6, 6.07) is 7.79. The van der Waals surface area contributed by atoms with E-state index in [1.165, 1.54) is 38.3 Å². The topological polar surface area (TPSA) is 55.4 Å². The molecule has 154 valence electrons. The van der Waals surface area contributed by atoms with Crippen LogP contribution in [0.15, 0.2) is 36.4 Å². The van der Waals surface area contributed by atoms with E-state index in [0.29, 0.717) is 12.0 Å². The molecule has 0 spiro atoms. The summed E-state index contributed by atoms with van der Waals surface area (Å²) in [6.07, 6.45) is 2.26. The molecule has 2 atom stereocenters. The first kappa shape index (κ1) is 21.1. The maximum Gasteiger partial charge on any atom is 0.199 e. The molecule has 29 heavy (non-hydrogen) atoms. The number of nitrogens with one attached hydrogen (secondary N) is 1. The second-order valence-electron chi connectivity index (χ2n) is 7.67. The van der Waals surface area contributed by atoms with Crippen molar-refractivity contribution in [1.29, 1.82) is 0 Å². The number of benzene rings is 2. The van der Waals surface area contributed by atoms with Gasteiger partial charge in [0.2, 0.25) is 0 Å². The highest BCUT2D eigenvalue weighted by Gasteiger charge is 2.36. The van der Waals surface area contributed by atoms with Crippen molar-refractivity contribution < 1.29 is 23.1 Å². The molecule has 4 nitrogen and oxygen atoms in total. The standard InChI is InChI=1S/C23H25F2NO3/c1-13(12-14(2)27)26-22(15-4-5-15)18-10-11-19(29-3)20(21(18)25)23(28)16-6-8-17(24)9-7-16/h6-11,13,15,22,26H,4-5,12H2,1-3H3/t13-,22+/m0/s1. The minimum atomic E-state index is -0.641. The zero-order valence-corrected chi connectivity index (χ0v) is 16.8. The molecule has 1 saturated carbocycles. The molecule has 0 unspecified atom stereocenters. The maximum atomic E-state index is 15.6. The van der Waals surface area contributed by atoms with Gasteiger partial charge in [0.05, 0.1) is 7.11 Å². The third-order valence-electron chi connectivity index (χ3n) is 5.17. The number of halogens is 2. The molecule has 2 aromatic rings. The first-order valence-corrected chi connectivity index (χ1v) is 9.74. The van der Waals surface area contributed by atoms with Gasteiger partial charge in [0.25, 0.3) is 0 Å². The summed E-state index contributed by atoms with van der Waals surface area (Å²) in [6.45, 7) is 3.42. The molecule has 6 heteroatoms. The van der Waals surface area contributed by atoms with Crippen molar-refractivity contribution in [1.82, 2.24) is 5.32 Å². The lowest BCUT2D eigenvalue weighted by molar-refractivity contribution is -0.117. The summed E-state index contributed by atoms with van der Waals surface area (Å²) < 4.78 is 34.1. The number of Topliss-reactive ketones (excluding diaryl/α,β-unsaturated/α-hetero) is 1. The Morgan fingerprint density at radius 1 is 1.14 bits per heavy atom. The van der Waals surface area contributed by atoms with Crippen molar-refractivity contribution in [2.24, 2.45) is 5.92 Å². The molecule has 1 N–H and O–H groups in total. The van der Waals surface area contributed by atoms with Gasteiger partial charge in [-0.3, -0.25) is 9.59 Å². The number of ether oxygens (including phenoxy) is 1. The smallest absolute Gasteiger partial charge is 0.199 e. The van der Waals surface area contributed by atoms with Gasteiger partial charge in [0.15, 0.2) is 5.78 Å². The van der Waals surface area contributed by atoms with Gasteiger partial charge in [-0.15, -0.1) is 0 Å². The Morgan fingerprint density at radius 2 is 1.79 bits per heavy atom. The van der Waals surface area contributed by atoms with E-state index in [9.17, 15) is 14.0 Å². The number of hydrogen-bond acceptors (Lipinski definition) is 4. The van der Waals surface area contributed by atoms with E-state index in [1.54, 1.807) is 12.1 Å². The second-order valence-corrected chi connectivity index (χ2v) is 7.67. The number of ketones is 2. The van der Waals surface area contributed by atoms with Gasteiger partial charge >= 0.3 is 0 Å². The van der Waals surface area contributed by atoms with E-state index < -0.39 is 17.4 Å². The highest BCUT2D eigenvalue weighted by Crippen LogP contribution is 2.43. The first-order chi connectivity index (χ1) is 13.8. The second kappa shape index (κ2) is 8.82. The number of carbonyl (C=O) groups is 2. The molecule has 0 aromatic heterocycles. The number of carbonyl (C=O) groups excluding carboxylic acids is 2. The Hall–Kier alpha value is -2.60. The zero-order chi connectivity index (χ0) is 21.1. The highest BCUT2D eigenvalue weighted by atomic mass is 19.1. The summed E-state index contributed by atoms with van der Waals surface area (Å²) in [5, 5.41) is 3.36. The predicted octanol–water partition coefficient (Wildman–Crippen LogP) is 4.61. The molecule has 1 aliphatic carbocycles. The summed E-state index contributed by atoms with van der Waals surface area (Å²) in [5.74, 6) is -1.24. The summed E-state index contributed by atoms with van der Waals surface area (Å²) in [5.41, 5.74) is 0.402. The first-order valence-electron chi connectivity index (χ1n) is 9.74. The predicted molar refractivity (Wildman–Crippen MR) is 106 cm³/mol. The molecule has 2 aromatic carbocycles. The van der Waals surface area contributed by atoms with E-state index in [-0.39, 0.29) is 40.7 Å². The third kappa shape index (κ3) is 4.88. The van der Waals surface area contributed by atoms with E-state index in [1.807, 2.05) is 6.92 Å². The zero-order valence-electron chi connectivity index (χ0n) is 16.8. The minimum Gasteiger partial charge on any atom is -0.496 e. The van der Waals surface area contributed by atoms with Gasteiger partial charge < -0.3 is 10.1 Å². The number of rotatable bonds is 9.